The summed E-state index contributed by atoms with van der Waals surface area (Å²) in [6.07, 6.45) is 0. The molecule has 126 valence electrons. The first-order valence-corrected chi connectivity index (χ1v) is 9.65. The van der Waals surface area contributed by atoms with Gasteiger partial charge < -0.3 is 10.4 Å². The summed E-state index contributed by atoms with van der Waals surface area (Å²) in [6, 6.07) is 5.90. The van der Waals surface area contributed by atoms with E-state index < -0.39 is 27.1 Å². The third-order valence-corrected chi connectivity index (χ3v) is 6.35. The van der Waals surface area contributed by atoms with Gasteiger partial charge in [-0.2, -0.15) is 0 Å². The fourth-order valence-corrected chi connectivity index (χ4v) is 5.01. The lowest BCUT2D eigenvalue weighted by Crippen LogP contribution is -2.37. The number of nitrogens with one attached hydrogen (secondary N) is 1. The number of anilines is 1. The fourth-order valence-electron chi connectivity index (χ4n) is 2.45. The molecule has 0 saturated carbocycles. The van der Waals surface area contributed by atoms with Crippen molar-refractivity contribution >= 4 is 38.6 Å². The van der Waals surface area contributed by atoms with Gasteiger partial charge in [0.2, 0.25) is 5.78 Å². The monoisotopic (exact) mass is 365 g/mol. The maximum absolute atomic E-state index is 12.9. The number of aliphatic hydroxyl groups is 1. The zero-order chi connectivity index (χ0) is 17.7. The summed E-state index contributed by atoms with van der Waals surface area (Å²) in [4.78, 5) is 25.2. The molecule has 0 saturated heterocycles. The summed E-state index contributed by atoms with van der Waals surface area (Å²) >= 11 is 1.17. The molecule has 1 amide bonds. The van der Waals surface area contributed by atoms with E-state index >= 15 is 0 Å². The molecule has 2 heterocycles. The number of amides is 1. The third-order valence-electron chi connectivity index (χ3n) is 3.69. The van der Waals surface area contributed by atoms with Crippen LogP contribution in [0.15, 0.2) is 34.5 Å². The van der Waals surface area contributed by atoms with E-state index in [2.05, 4.69) is 5.32 Å². The van der Waals surface area contributed by atoms with Crippen molar-refractivity contribution in [1.29, 1.82) is 0 Å². The first-order valence-electron chi connectivity index (χ1n) is 7.12. The summed E-state index contributed by atoms with van der Waals surface area (Å²) in [5.74, 6) is -1.42. The van der Waals surface area contributed by atoms with Crippen LogP contribution >= 0.6 is 11.3 Å². The van der Waals surface area contributed by atoms with E-state index in [1.807, 2.05) is 0 Å². The van der Waals surface area contributed by atoms with Gasteiger partial charge in [0.1, 0.15) is 5.60 Å². The van der Waals surface area contributed by atoms with E-state index in [-0.39, 0.29) is 21.9 Å². The molecule has 0 aliphatic carbocycles. The molecule has 0 fully saturated rings. The Morgan fingerprint density at radius 2 is 2.00 bits per heavy atom. The largest absolute Gasteiger partial charge is 0.381 e. The zero-order valence-electron chi connectivity index (χ0n) is 13.0. The molecule has 0 spiro atoms. The molecule has 2 aromatic rings. The maximum atomic E-state index is 12.9. The average Bonchev–Trinajstić information content (AvgIpc) is 2.89. The van der Waals surface area contributed by atoms with Crippen molar-refractivity contribution in [1.82, 2.24) is 0 Å². The number of hydrogen-bond donors (Lipinski definition) is 2. The van der Waals surface area contributed by atoms with Crippen molar-refractivity contribution in [2.45, 2.75) is 30.1 Å². The number of thiophene rings is 1. The van der Waals surface area contributed by atoms with Crippen LogP contribution < -0.4 is 5.32 Å². The highest BCUT2D eigenvalue weighted by Crippen LogP contribution is 2.36. The molecule has 0 unspecified atom stereocenters. The maximum Gasteiger partial charge on any atom is 0.255 e. The Bertz CT molecular complexity index is 951. The molecule has 1 aliphatic heterocycles. The Kier molecular flexibility index (Phi) is 3.86. The Morgan fingerprint density at radius 3 is 2.67 bits per heavy atom. The van der Waals surface area contributed by atoms with Gasteiger partial charge in [-0.15, -0.1) is 11.3 Å². The molecule has 3 rings (SSSR count). The van der Waals surface area contributed by atoms with Gasteiger partial charge >= 0.3 is 0 Å². The van der Waals surface area contributed by atoms with Gasteiger partial charge in [0.15, 0.2) is 9.84 Å². The Balaban J connectivity index is 2.22. The first kappa shape index (κ1) is 16.8. The van der Waals surface area contributed by atoms with Crippen molar-refractivity contribution in [2.24, 2.45) is 0 Å². The number of fused-ring (bicyclic) bond motifs is 2. The minimum atomic E-state index is -3.72. The highest BCUT2D eigenvalue weighted by atomic mass is 32.2. The lowest BCUT2D eigenvalue weighted by atomic mass is 10.0. The van der Waals surface area contributed by atoms with Gasteiger partial charge in [0.05, 0.1) is 26.8 Å². The predicted molar refractivity (Wildman–Crippen MR) is 90.0 cm³/mol. The van der Waals surface area contributed by atoms with E-state index in [9.17, 15) is 23.1 Å². The Hall–Kier alpha value is -2.03. The molecule has 8 heteroatoms. The summed E-state index contributed by atoms with van der Waals surface area (Å²) in [7, 11) is -3.72. The Morgan fingerprint density at radius 1 is 1.29 bits per heavy atom. The molecule has 1 aromatic heterocycles. The molecule has 0 atom stereocenters. The van der Waals surface area contributed by atoms with Crippen LogP contribution in [0.5, 0.6) is 0 Å². The normalized spacial score (nSPS) is 16.0. The molecule has 0 radical (unpaired) electrons. The van der Waals surface area contributed by atoms with E-state index in [0.29, 0.717) is 10.4 Å². The SMILES string of the molecule is CC(C)(O)C(=O)Nc1cccc2c1C(=O)c1sccc1CS2(=O)=O. The van der Waals surface area contributed by atoms with Crippen molar-refractivity contribution in [3.8, 4) is 0 Å². The molecule has 2 N–H and O–H groups in total. The van der Waals surface area contributed by atoms with E-state index in [0.717, 1.165) is 0 Å². The van der Waals surface area contributed by atoms with Gasteiger partial charge in [0.25, 0.3) is 5.91 Å². The van der Waals surface area contributed by atoms with Crippen LogP contribution in [-0.4, -0.2) is 30.8 Å². The molecule has 1 aromatic carbocycles. The van der Waals surface area contributed by atoms with E-state index in [4.69, 9.17) is 0 Å². The smallest absolute Gasteiger partial charge is 0.255 e. The standard InChI is InChI=1S/C16H15NO5S2/c1-16(2,20)15(19)17-10-4-3-5-11-12(10)13(18)14-9(6-7-23-14)8-24(11,21)22/h3-7,20H,8H2,1-2H3,(H,17,19). The fraction of sp³-hybridized carbons (Fsp3) is 0.250. The lowest BCUT2D eigenvalue weighted by molar-refractivity contribution is -0.130. The molecule has 1 aliphatic rings. The average molecular weight is 365 g/mol. The second-order valence-corrected chi connectivity index (χ2v) is 8.93. The number of benzene rings is 1. The highest BCUT2D eigenvalue weighted by molar-refractivity contribution is 7.90. The number of hydrogen-bond acceptors (Lipinski definition) is 6. The van der Waals surface area contributed by atoms with Gasteiger partial charge in [-0.3, -0.25) is 9.59 Å². The second-order valence-electron chi connectivity index (χ2n) is 6.06. The molecule has 6 nitrogen and oxygen atoms in total. The van der Waals surface area contributed by atoms with Crippen LogP contribution in [0.1, 0.15) is 34.6 Å². The number of carbonyl (C=O) groups excluding carboxylic acids is 2. The van der Waals surface area contributed by atoms with Crippen molar-refractivity contribution in [2.75, 3.05) is 5.32 Å². The number of ketones is 1. The molecule has 0 bridgehead atoms. The van der Waals surface area contributed by atoms with Gasteiger partial charge in [0, 0.05) is 0 Å². The number of rotatable bonds is 2. The molecule has 24 heavy (non-hydrogen) atoms. The minimum Gasteiger partial charge on any atom is -0.381 e. The van der Waals surface area contributed by atoms with E-state index in [1.54, 1.807) is 11.4 Å². The quantitative estimate of drug-likeness (QED) is 0.847. The van der Waals surface area contributed by atoms with Gasteiger partial charge in [-0.1, -0.05) is 6.07 Å². The summed E-state index contributed by atoms with van der Waals surface area (Å²) in [5.41, 5.74) is -1.18. The van der Waals surface area contributed by atoms with Gasteiger partial charge in [-0.05, 0) is 43.0 Å². The van der Waals surface area contributed by atoms with Crippen molar-refractivity contribution in [3.05, 3.63) is 45.6 Å². The first-order chi connectivity index (χ1) is 11.1. The van der Waals surface area contributed by atoms with Crippen LogP contribution in [0.2, 0.25) is 0 Å². The number of carbonyl (C=O) groups is 2. The van der Waals surface area contributed by atoms with Crippen LogP contribution in [-0.2, 0) is 20.4 Å². The van der Waals surface area contributed by atoms with Crippen LogP contribution in [0.25, 0.3) is 0 Å². The second kappa shape index (κ2) is 5.51. The van der Waals surface area contributed by atoms with Crippen LogP contribution in [0.3, 0.4) is 0 Å². The highest BCUT2D eigenvalue weighted by Gasteiger charge is 2.34. The lowest BCUT2D eigenvalue weighted by Gasteiger charge is -2.18. The molecular weight excluding hydrogens is 350 g/mol. The topological polar surface area (TPSA) is 101 Å². The summed E-state index contributed by atoms with van der Waals surface area (Å²) in [5, 5.41) is 13.9. The van der Waals surface area contributed by atoms with Crippen molar-refractivity contribution < 1.29 is 23.1 Å². The summed E-state index contributed by atoms with van der Waals surface area (Å²) < 4.78 is 25.2. The Labute approximate surface area is 143 Å². The van der Waals surface area contributed by atoms with Crippen LogP contribution in [0.4, 0.5) is 5.69 Å². The van der Waals surface area contributed by atoms with E-state index in [1.165, 1.54) is 43.4 Å². The van der Waals surface area contributed by atoms with Gasteiger partial charge in [-0.25, -0.2) is 8.42 Å². The zero-order valence-corrected chi connectivity index (χ0v) is 14.6. The third kappa shape index (κ3) is 2.77. The van der Waals surface area contributed by atoms with Crippen LogP contribution in [0, 0.1) is 0 Å². The van der Waals surface area contributed by atoms with Crippen molar-refractivity contribution in [3.63, 3.8) is 0 Å². The number of sulfone groups is 1. The minimum absolute atomic E-state index is 0.0590. The summed E-state index contributed by atoms with van der Waals surface area (Å²) in [6.45, 7) is 2.61. The predicted octanol–water partition coefficient (Wildman–Crippen LogP) is 1.98. The molecular formula is C16H15NO5S2.